The van der Waals surface area contributed by atoms with Gasteiger partial charge in [0.05, 0.1) is 30.5 Å². The Morgan fingerprint density at radius 1 is 0.981 bits per heavy atom. The summed E-state index contributed by atoms with van der Waals surface area (Å²) in [6.45, 7) is 12.8. The number of ether oxygens (including phenoxy) is 2. The Morgan fingerprint density at radius 3 is 2.33 bits per heavy atom. The third kappa shape index (κ3) is 8.18. The first-order valence-electron chi connectivity index (χ1n) is 18.9. The summed E-state index contributed by atoms with van der Waals surface area (Å²) in [6.07, 6.45) is -0.321. The first-order valence-corrected chi connectivity index (χ1v) is 19.9. The Morgan fingerprint density at radius 2 is 1.67 bits per heavy atom. The van der Waals surface area contributed by atoms with Crippen LogP contribution < -0.4 is 0 Å². The highest BCUT2D eigenvalue weighted by Gasteiger charge is 2.45. The molecule has 0 radical (unpaired) electrons. The summed E-state index contributed by atoms with van der Waals surface area (Å²) in [6, 6.07) is 10.6. The third-order valence-corrected chi connectivity index (χ3v) is 12.7. The van der Waals surface area contributed by atoms with E-state index in [0.29, 0.717) is 38.2 Å². The van der Waals surface area contributed by atoms with E-state index >= 15 is 0 Å². The zero-order chi connectivity index (χ0) is 38.9. The number of aromatic amines is 2. The fourth-order valence-electron chi connectivity index (χ4n) is 7.68. The van der Waals surface area contributed by atoms with Crippen molar-refractivity contribution >= 4 is 51.4 Å². The van der Waals surface area contributed by atoms with E-state index in [9.17, 15) is 30.3 Å². The van der Waals surface area contributed by atoms with E-state index in [1.807, 2.05) is 6.92 Å². The smallest absolute Gasteiger partial charge is 0.306 e. The lowest BCUT2D eigenvalue weighted by atomic mass is 9.69. The first-order chi connectivity index (χ1) is 25.7. The molecule has 8 atom stereocenters. The number of hydrogen-bond acceptors (Lipinski definition) is 10. The molecule has 6 heterocycles. The van der Waals surface area contributed by atoms with Crippen LogP contribution in [-0.4, -0.2) is 107 Å². The zero-order valence-corrected chi connectivity index (χ0v) is 32.7. The van der Waals surface area contributed by atoms with Gasteiger partial charge in [0, 0.05) is 51.4 Å². The average molecular weight is 763 g/mol. The van der Waals surface area contributed by atoms with Crippen LogP contribution in [-0.2, 0) is 19.7 Å². The van der Waals surface area contributed by atoms with Crippen LogP contribution in [0.3, 0.4) is 0 Å². The fraction of sp³-hybridized carbons (Fsp3) is 0.537. The molecular weight excluding hydrogens is 709 g/mol. The van der Waals surface area contributed by atoms with Gasteiger partial charge in [-0.05, 0) is 111 Å². The summed E-state index contributed by atoms with van der Waals surface area (Å²) < 4.78 is 11.6. The molecular formula is C41H54N4O8S. The van der Waals surface area contributed by atoms with E-state index in [1.54, 1.807) is 6.92 Å². The Bertz CT molecular complexity index is 2040. The molecule has 3 unspecified atom stereocenters. The maximum Gasteiger partial charge on any atom is 0.306 e. The van der Waals surface area contributed by atoms with E-state index in [2.05, 4.69) is 74.1 Å². The molecule has 0 spiro atoms. The standard InChI is InChI=1S/C41H54N4O8S/c1-7-41(6)28(15-23(4)39(50)51)35-24(5)31-16-25(9-11-52-10-8-12-54-40-38(49)37(48)36(47)33(20-46)53-40)32(44-31)18-27-13-21(2)29(42-27)17-26-14-22(3)30(43-26)19-34(41)45-35/h13-14,16-19,23,28,33,36-38,40,42-43,46-49H,7-12,15,20H2,1-6H3,(H,50,51)/t23?,28?,33-,36-,37+,38-,40+,41?/m1/s1. The van der Waals surface area contributed by atoms with Crippen molar-refractivity contribution in [3.63, 3.8) is 0 Å². The SMILES string of the molecule is CCC1(C)c2cc3[nH]c(cc3C)cc3[nH]c(cc4nc(c(C)c(n2)C1CC(C)C(=O)O)C=C4CCOCCCS[C@@H]1O[C@H](CO)[C@@H](O)[C@H](O)[C@H]1O)cc3C. The molecule has 13 heteroatoms. The van der Waals surface area contributed by atoms with Crippen LogP contribution in [0, 0.1) is 26.7 Å². The number of fused-ring (bicyclic) bond motifs is 8. The molecule has 12 nitrogen and oxygen atoms in total. The molecule has 3 aromatic heterocycles. The monoisotopic (exact) mass is 762 g/mol. The minimum absolute atomic E-state index is 0.123. The maximum atomic E-state index is 12.2. The predicted molar refractivity (Wildman–Crippen MR) is 211 cm³/mol. The normalized spacial score (nSPS) is 26.1. The lowest BCUT2D eigenvalue weighted by Crippen LogP contribution is -2.57. The molecule has 0 aromatic carbocycles. The largest absolute Gasteiger partial charge is 0.481 e. The van der Waals surface area contributed by atoms with Gasteiger partial charge in [0.25, 0.3) is 0 Å². The second-order valence-electron chi connectivity index (χ2n) is 15.2. The number of aromatic nitrogens is 4. The predicted octanol–water partition coefficient (Wildman–Crippen LogP) is 5.67. The summed E-state index contributed by atoms with van der Waals surface area (Å²) >= 11 is 1.31. The Hall–Kier alpha value is -3.56. The maximum absolute atomic E-state index is 12.2. The number of carboxylic acids is 1. The van der Waals surface area contributed by atoms with E-state index in [1.165, 1.54) is 11.8 Å². The van der Waals surface area contributed by atoms with Crippen molar-refractivity contribution in [2.45, 2.75) is 108 Å². The summed E-state index contributed by atoms with van der Waals surface area (Å²) in [5, 5.41) is 49.9. The molecule has 54 heavy (non-hydrogen) atoms. The molecule has 3 aromatic rings. The topological polar surface area (TPSA) is 194 Å². The van der Waals surface area contributed by atoms with Gasteiger partial charge in [0.2, 0.25) is 0 Å². The molecule has 8 bridgehead atoms. The Labute approximate surface area is 320 Å². The van der Waals surface area contributed by atoms with Gasteiger partial charge in [-0.1, -0.05) is 20.8 Å². The van der Waals surface area contributed by atoms with Crippen LogP contribution in [0.2, 0.25) is 0 Å². The quantitative estimate of drug-likeness (QED) is 0.106. The summed E-state index contributed by atoms with van der Waals surface area (Å²) in [4.78, 5) is 29.8. The number of rotatable bonds is 13. The molecule has 0 saturated carbocycles. The zero-order valence-electron chi connectivity index (χ0n) is 31.9. The van der Waals surface area contributed by atoms with Crippen molar-refractivity contribution in [2.24, 2.45) is 5.92 Å². The minimum Gasteiger partial charge on any atom is -0.481 e. The van der Waals surface area contributed by atoms with E-state index < -0.39 is 48.3 Å². The van der Waals surface area contributed by atoms with Crippen LogP contribution >= 0.6 is 11.8 Å². The molecule has 1 fully saturated rings. The molecule has 1 saturated heterocycles. The van der Waals surface area contributed by atoms with Gasteiger partial charge in [-0.15, -0.1) is 11.8 Å². The first kappa shape index (κ1) is 40.1. The van der Waals surface area contributed by atoms with Gasteiger partial charge in [0.15, 0.2) is 0 Å². The van der Waals surface area contributed by atoms with Crippen molar-refractivity contribution in [3.8, 4) is 0 Å². The number of H-pyrrole nitrogens is 2. The van der Waals surface area contributed by atoms with E-state index in [4.69, 9.17) is 19.4 Å². The number of thioether (sulfide) groups is 1. The average Bonchev–Trinajstić information content (AvgIpc) is 3.88. The van der Waals surface area contributed by atoms with Crippen LogP contribution in [0.15, 0.2) is 30.3 Å². The van der Waals surface area contributed by atoms with Crippen LogP contribution in [0.5, 0.6) is 0 Å². The molecule has 7 N–H and O–H groups in total. The number of carboxylic acid groups (broad SMARTS) is 1. The number of aliphatic hydroxyl groups is 4. The summed E-state index contributed by atoms with van der Waals surface area (Å²) in [5.41, 5.74) is 10.3. The van der Waals surface area contributed by atoms with Crippen molar-refractivity contribution in [2.75, 3.05) is 25.6 Å². The number of nitrogens with zero attached hydrogens (tertiary/aromatic N) is 2. The number of carbonyl (C=O) groups is 1. The van der Waals surface area contributed by atoms with Crippen molar-refractivity contribution in [3.05, 3.63) is 69.8 Å². The van der Waals surface area contributed by atoms with Gasteiger partial charge in [0.1, 0.15) is 29.9 Å². The second kappa shape index (κ2) is 16.7. The summed E-state index contributed by atoms with van der Waals surface area (Å²) in [5.74, 6) is -0.906. The van der Waals surface area contributed by atoms with E-state index in [-0.39, 0.29) is 11.3 Å². The van der Waals surface area contributed by atoms with Gasteiger partial charge in [-0.2, -0.15) is 0 Å². The van der Waals surface area contributed by atoms with Crippen molar-refractivity contribution < 1.29 is 39.8 Å². The number of nitrogens with one attached hydrogen (secondary N) is 2. The number of aliphatic hydroxyl groups excluding tert-OH is 4. The number of aryl methyl sites for hydroxylation is 2. The molecule has 3 aliphatic heterocycles. The fourth-order valence-corrected chi connectivity index (χ4v) is 8.78. The highest BCUT2D eigenvalue weighted by atomic mass is 32.2. The van der Waals surface area contributed by atoms with Gasteiger partial charge >= 0.3 is 5.97 Å². The van der Waals surface area contributed by atoms with Crippen LogP contribution in [0.1, 0.15) is 91.8 Å². The Kier molecular flexibility index (Phi) is 12.4. The minimum atomic E-state index is -1.39. The van der Waals surface area contributed by atoms with Gasteiger partial charge in [-0.25, -0.2) is 4.98 Å². The highest BCUT2D eigenvalue weighted by molar-refractivity contribution is 7.99. The molecule has 3 aliphatic rings. The van der Waals surface area contributed by atoms with Crippen molar-refractivity contribution in [1.82, 2.24) is 19.9 Å². The van der Waals surface area contributed by atoms with Gasteiger partial charge in [-0.3, -0.25) is 9.78 Å². The number of hydrogen-bond donors (Lipinski definition) is 7. The lowest BCUT2D eigenvalue weighted by molar-refractivity contribution is -0.205. The van der Waals surface area contributed by atoms with Crippen molar-refractivity contribution in [1.29, 1.82) is 0 Å². The Balaban J connectivity index is 1.30. The molecule has 0 amide bonds. The molecule has 6 rings (SSSR count). The van der Waals surface area contributed by atoms with Crippen LogP contribution in [0.4, 0.5) is 0 Å². The van der Waals surface area contributed by atoms with Gasteiger partial charge < -0.3 is 45.0 Å². The molecule has 0 aliphatic carbocycles. The summed E-state index contributed by atoms with van der Waals surface area (Å²) in [7, 11) is 0. The highest BCUT2D eigenvalue weighted by Crippen LogP contribution is 2.49. The van der Waals surface area contributed by atoms with E-state index in [0.717, 1.165) is 73.5 Å². The third-order valence-electron chi connectivity index (χ3n) is 11.4. The number of aliphatic carboxylic acids is 1. The van der Waals surface area contributed by atoms with Crippen LogP contribution in [0.25, 0.3) is 33.7 Å². The second-order valence-corrected chi connectivity index (χ2v) is 16.4. The lowest BCUT2D eigenvalue weighted by Gasteiger charge is -2.39. The molecule has 292 valence electrons.